The molecular weight excluding hydrogens is 256 g/mol. The summed E-state index contributed by atoms with van der Waals surface area (Å²) in [5.41, 5.74) is 6.70. The van der Waals surface area contributed by atoms with Crippen molar-refractivity contribution in [3.05, 3.63) is 23.8 Å². The summed E-state index contributed by atoms with van der Waals surface area (Å²) >= 11 is 0. The van der Waals surface area contributed by atoms with E-state index < -0.39 is 6.04 Å². The van der Waals surface area contributed by atoms with E-state index in [2.05, 4.69) is 5.32 Å². The molecule has 5 nitrogen and oxygen atoms in total. The molecule has 0 fully saturated rings. The molecule has 5 heteroatoms. The second kappa shape index (κ2) is 7.75. The van der Waals surface area contributed by atoms with E-state index in [-0.39, 0.29) is 11.9 Å². The van der Waals surface area contributed by atoms with E-state index >= 15 is 0 Å². The summed E-state index contributed by atoms with van der Waals surface area (Å²) in [7, 11) is 3.19. The van der Waals surface area contributed by atoms with Crippen LogP contribution in [0.2, 0.25) is 0 Å². The molecule has 20 heavy (non-hydrogen) atoms. The van der Waals surface area contributed by atoms with E-state index in [1.807, 2.05) is 26.0 Å². The smallest absolute Gasteiger partial charge is 0.237 e. The number of hydrogen-bond acceptors (Lipinski definition) is 4. The van der Waals surface area contributed by atoms with Gasteiger partial charge in [-0.25, -0.2) is 0 Å². The van der Waals surface area contributed by atoms with Gasteiger partial charge in [0.15, 0.2) is 0 Å². The molecule has 0 saturated carbocycles. The molecule has 0 aliphatic carbocycles. The number of hydrogen-bond donors (Lipinski definition) is 2. The van der Waals surface area contributed by atoms with E-state index in [1.54, 1.807) is 20.3 Å². The van der Waals surface area contributed by atoms with Gasteiger partial charge in [-0.05, 0) is 25.5 Å². The third kappa shape index (κ3) is 4.13. The van der Waals surface area contributed by atoms with Crippen LogP contribution in [0.4, 0.5) is 0 Å². The third-order valence-electron chi connectivity index (χ3n) is 3.20. The minimum absolute atomic E-state index is 0.141. The predicted octanol–water partition coefficient (Wildman–Crippen LogP) is 2.01. The number of benzene rings is 1. The predicted molar refractivity (Wildman–Crippen MR) is 79.0 cm³/mol. The first kappa shape index (κ1) is 16.3. The molecule has 0 spiro atoms. The van der Waals surface area contributed by atoms with Crippen molar-refractivity contribution >= 4 is 5.91 Å². The van der Waals surface area contributed by atoms with Gasteiger partial charge < -0.3 is 20.5 Å². The van der Waals surface area contributed by atoms with E-state index in [4.69, 9.17) is 15.2 Å². The first-order valence-corrected chi connectivity index (χ1v) is 6.81. The minimum Gasteiger partial charge on any atom is -0.497 e. The van der Waals surface area contributed by atoms with Gasteiger partial charge in [0.2, 0.25) is 5.91 Å². The Labute approximate surface area is 120 Å². The highest BCUT2D eigenvalue weighted by Gasteiger charge is 2.18. The largest absolute Gasteiger partial charge is 0.497 e. The lowest BCUT2D eigenvalue weighted by molar-refractivity contribution is -0.123. The molecule has 0 aliphatic rings. The fourth-order valence-corrected chi connectivity index (χ4v) is 2.02. The van der Waals surface area contributed by atoms with Crippen LogP contribution in [0.1, 0.15) is 38.3 Å². The Kier molecular flexibility index (Phi) is 6.31. The van der Waals surface area contributed by atoms with Crippen molar-refractivity contribution < 1.29 is 14.3 Å². The lowest BCUT2D eigenvalue weighted by atomic mass is 10.1. The molecule has 1 rings (SSSR count). The zero-order chi connectivity index (χ0) is 15.1. The second-order valence-corrected chi connectivity index (χ2v) is 4.73. The van der Waals surface area contributed by atoms with Gasteiger partial charge >= 0.3 is 0 Å². The average molecular weight is 280 g/mol. The van der Waals surface area contributed by atoms with E-state index in [9.17, 15) is 4.79 Å². The van der Waals surface area contributed by atoms with E-state index in [0.717, 1.165) is 12.0 Å². The van der Waals surface area contributed by atoms with Gasteiger partial charge in [0.1, 0.15) is 11.5 Å². The second-order valence-electron chi connectivity index (χ2n) is 4.73. The van der Waals surface area contributed by atoms with Crippen LogP contribution < -0.4 is 20.5 Å². The molecule has 0 aromatic heterocycles. The fraction of sp³-hybridized carbons (Fsp3) is 0.533. The summed E-state index contributed by atoms with van der Waals surface area (Å²) in [6.45, 7) is 3.91. The van der Waals surface area contributed by atoms with Crippen LogP contribution in [-0.2, 0) is 4.79 Å². The Morgan fingerprint density at radius 3 is 2.60 bits per heavy atom. The van der Waals surface area contributed by atoms with E-state index in [0.29, 0.717) is 17.9 Å². The number of amides is 1. The van der Waals surface area contributed by atoms with Gasteiger partial charge in [0.05, 0.1) is 26.3 Å². The van der Waals surface area contributed by atoms with Crippen LogP contribution >= 0.6 is 0 Å². The number of rotatable bonds is 7. The Balaban J connectivity index is 2.81. The Morgan fingerprint density at radius 1 is 1.35 bits per heavy atom. The van der Waals surface area contributed by atoms with Crippen LogP contribution in [-0.4, -0.2) is 26.2 Å². The lowest BCUT2D eigenvalue weighted by Crippen LogP contribution is -2.41. The Hall–Kier alpha value is -1.75. The van der Waals surface area contributed by atoms with Crippen LogP contribution in [0, 0.1) is 0 Å². The summed E-state index contributed by atoms with van der Waals surface area (Å²) in [6, 6.07) is 4.88. The maximum atomic E-state index is 11.9. The highest BCUT2D eigenvalue weighted by atomic mass is 16.5. The van der Waals surface area contributed by atoms with Gasteiger partial charge in [-0.1, -0.05) is 13.3 Å². The zero-order valence-electron chi connectivity index (χ0n) is 12.6. The number of carbonyl (C=O) groups is 1. The standard InChI is InChI=1S/C15H24N2O3/c1-5-6-13(16)15(18)17-10(2)12-8-7-11(19-3)9-14(12)20-4/h7-10,13H,5-6,16H2,1-4H3,(H,17,18)/t10?,13-/m0/s1. The number of carbonyl (C=O) groups excluding carboxylic acids is 1. The SMILES string of the molecule is CCC[C@H](N)C(=O)NC(C)c1ccc(OC)cc1OC. The molecule has 0 radical (unpaired) electrons. The van der Waals surface area contributed by atoms with Crippen molar-refractivity contribution in [3.63, 3.8) is 0 Å². The fourth-order valence-electron chi connectivity index (χ4n) is 2.02. The van der Waals surface area contributed by atoms with Gasteiger partial charge in [0.25, 0.3) is 0 Å². The molecule has 0 aliphatic heterocycles. The Morgan fingerprint density at radius 2 is 2.05 bits per heavy atom. The molecule has 2 atom stereocenters. The first-order valence-electron chi connectivity index (χ1n) is 6.81. The highest BCUT2D eigenvalue weighted by molar-refractivity contribution is 5.81. The van der Waals surface area contributed by atoms with Gasteiger partial charge in [-0.15, -0.1) is 0 Å². The monoisotopic (exact) mass is 280 g/mol. The molecule has 0 heterocycles. The number of ether oxygens (including phenoxy) is 2. The van der Waals surface area contributed by atoms with E-state index in [1.165, 1.54) is 0 Å². The van der Waals surface area contributed by atoms with Gasteiger partial charge in [-0.3, -0.25) is 4.79 Å². The summed E-state index contributed by atoms with van der Waals surface area (Å²) in [5.74, 6) is 1.25. The Bertz CT molecular complexity index is 449. The van der Waals surface area contributed by atoms with Gasteiger partial charge in [-0.2, -0.15) is 0 Å². The molecular formula is C15H24N2O3. The van der Waals surface area contributed by atoms with Crippen molar-refractivity contribution in [1.29, 1.82) is 0 Å². The zero-order valence-corrected chi connectivity index (χ0v) is 12.6. The maximum absolute atomic E-state index is 11.9. The van der Waals surface area contributed by atoms with Crippen LogP contribution in [0.15, 0.2) is 18.2 Å². The molecule has 1 aromatic rings. The lowest BCUT2D eigenvalue weighted by Gasteiger charge is -2.20. The highest BCUT2D eigenvalue weighted by Crippen LogP contribution is 2.29. The van der Waals surface area contributed by atoms with Crippen LogP contribution in [0.25, 0.3) is 0 Å². The van der Waals surface area contributed by atoms with Crippen molar-refractivity contribution in [2.24, 2.45) is 5.73 Å². The summed E-state index contributed by atoms with van der Waals surface area (Å²) < 4.78 is 10.5. The number of nitrogens with one attached hydrogen (secondary N) is 1. The molecule has 3 N–H and O–H groups in total. The quantitative estimate of drug-likeness (QED) is 0.801. The van der Waals surface area contributed by atoms with Crippen molar-refractivity contribution in [3.8, 4) is 11.5 Å². The summed E-state index contributed by atoms with van der Waals surface area (Å²) in [6.07, 6.45) is 1.56. The molecule has 112 valence electrons. The van der Waals surface area contributed by atoms with Gasteiger partial charge in [0, 0.05) is 11.6 Å². The molecule has 1 unspecified atom stereocenters. The van der Waals surface area contributed by atoms with Crippen molar-refractivity contribution in [2.45, 2.75) is 38.8 Å². The molecule has 1 aromatic carbocycles. The average Bonchev–Trinajstić information content (AvgIpc) is 2.46. The van der Waals surface area contributed by atoms with Crippen molar-refractivity contribution in [1.82, 2.24) is 5.32 Å². The third-order valence-corrected chi connectivity index (χ3v) is 3.20. The van der Waals surface area contributed by atoms with Crippen LogP contribution in [0.3, 0.4) is 0 Å². The minimum atomic E-state index is -0.466. The first-order chi connectivity index (χ1) is 9.53. The van der Waals surface area contributed by atoms with Crippen molar-refractivity contribution in [2.75, 3.05) is 14.2 Å². The normalized spacial score (nSPS) is 13.4. The summed E-state index contributed by atoms with van der Waals surface area (Å²) in [5, 5.41) is 2.91. The molecule has 0 saturated heterocycles. The topological polar surface area (TPSA) is 73.6 Å². The number of nitrogens with two attached hydrogens (primary N) is 1. The number of methoxy groups -OCH3 is 2. The maximum Gasteiger partial charge on any atom is 0.237 e. The van der Waals surface area contributed by atoms with Crippen LogP contribution in [0.5, 0.6) is 11.5 Å². The summed E-state index contributed by atoms with van der Waals surface area (Å²) in [4.78, 5) is 11.9. The molecule has 1 amide bonds. The molecule has 0 bridgehead atoms.